The molecule has 0 amide bonds. The van der Waals surface area contributed by atoms with Gasteiger partial charge in [-0.05, 0) is 87.1 Å². The maximum atomic E-state index is 5.05. The summed E-state index contributed by atoms with van der Waals surface area (Å²) in [5.41, 5.74) is 11.2. The Balaban J connectivity index is 2.21. The Hall–Kier alpha value is -2.74. The highest BCUT2D eigenvalue weighted by Gasteiger charge is 2.21. The van der Waals surface area contributed by atoms with Gasteiger partial charge in [-0.25, -0.2) is 0 Å². The fourth-order valence-electron chi connectivity index (χ4n) is 4.14. The number of benzene rings is 2. The van der Waals surface area contributed by atoms with E-state index in [2.05, 4.69) is 70.8 Å². The molecule has 0 atom stereocenters. The first-order valence-electron chi connectivity index (χ1n) is 9.46. The van der Waals surface area contributed by atoms with Crippen molar-refractivity contribution < 1.29 is 0 Å². The summed E-state index contributed by atoms with van der Waals surface area (Å²) in [5.74, 6) is 0. The van der Waals surface area contributed by atoms with E-state index in [1.54, 1.807) is 6.20 Å². The third kappa shape index (κ3) is 4.16. The number of rotatable bonds is 4. The molecule has 0 saturated heterocycles. The van der Waals surface area contributed by atoms with Gasteiger partial charge in [0, 0.05) is 12.4 Å². The predicted molar refractivity (Wildman–Crippen MR) is 115 cm³/mol. The molecule has 0 N–H and O–H groups in total. The van der Waals surface area contributed by atoms with Gasteiger partial charge in [-0.3, -0.25) is 9.98 Å². The number of hydrogen-bond acceptors (Lipinski definition) is 2. The second kappa shape index (κ2) is 7.87. The van der Waals surface area contributed by atoms with Crippen molar-refractivity contribution in [3.8, 4) is 0 Å². The molecular weight excluding hydrogens is 328 g/mol. The number of pyridine rings is 1. The normalized spacial score (nSPS) is 11.5. The van der Waals surface area contributed by atoms with Crippen molar-refractivity contribution in [2.75, 3.05) is 0 Å². The van der Waals surface area contributed by atoms with Crippen LogP contribution in [0, 0.1) is 41.5 Å². The molecule has 0 unspecified atom stereocenters. The molecule has 3 rings (SSSR count). The molecule has 2 aromatic carbocycles. The van der Waals surface area contributed by atoms with E-state index in [4.69, 9.17) is 4.99 Å². The van der Waals surface area contributed by atoms with Crippen molar-refractivity contribution in [3.63, 3.8) is 0 Å². The maximum Gasteiger partial charge on any atom is 0.101 e. The van der Waals surface area contributed by atoms with Crippen molar-refractivity contribution in [2.45, 2.75) is 47.6 Å². The Bertz CT molecular complexity index is 881. The molecule has 1 heterocycles. The number of hydrogen-bond donors (Lipinski definition) is 0. The standard InChI is InChI=1S/C25H28N2/c1-16-11-18(3)23(19(4)12-16)25(27-15-22-9-7-8-10-26-22)24-20(5)13-17(2)14-21(24)6/h7-15,25H,1-6H3/b27-15+. The second-order valence-corrected chi connectivity index (χ2v) is 7.56. The van der Waals surface area contributed by atoms with Gasteiger partial charge in [0.25, 0.3) is 0 Å². The first-order chi connectivity index (χ1) is 12.9. The average Bonchev–Trinajstić information content (AvgIpc) is 2.58. The highest BCUT2D eigenvalue weighted by atomic mass is 14.8. The molecule has 0 saturated carbocycles. The summed E-state index contributed by atoms with van der Waals surface area (Å²) in [5, 5.41) is 0. The lowest BCUT2D eigenvalue weighted by atomic mass is 9.85. The maximum absolute atomic E-state index is 5.05. The largest absolute Gasteiger partial charge is 0.278 e. The van der Waals surface area contributed by atoms with E-state index >= 15 is 0 Å². The Morgan fingerprint density at radius 2 is 1.22 bits per heavy atom. The molecular formula is C25H28N2. The zero-order chi connectivity index (χ0) is 19.6. The number of aromatic nitrogens is 1. The van der Waals surface area contributed by atoms with Gasteiger partial charge in [0.1, 0.15) is 6.04 Å². The third-order valence-electron chi connectivity index (χ3n) is 5.07. The summed E-state index contributed by atoms with van der Waals surface area (Å²) < 4.78 is 0. The number of aryl methyl sites for hydroxylation is 6. The van der Waals surface area contributed by atoms with E-state index < -0.39 is 0 Å². The van der Waals surface area contributed by atoms with Crippen molar-refractivity contribution >= 4 is 6.21 Å². The monoisotopic (exact) mass is 356 g/mol. The van der Waals surface area contributed by atoms with Crippen LogP contribution >= 0.6 is 0 Å². The summed E-state index contributed by atoms with van der Waals surface area (Å²) in [6.07, 6.45) is 3.71. The van der Waals surface area contributed by atoms with Gasteiger partial charge in [-0.15, -0.1) is 0 Å². The van der Waals surface area contributed by atoms with E-state index in [-0.39, 0.29) is 6.04 Å². The van der Waals surface area contributed by atoms with Gasteiger partial charge >= 0.3 is 0 Å². The lowest BCUT2D eigenvalue weighted by Crippen LogP contribution is -2.09. The van der Waals surface area contributed by atoms with E-state index in [0.717, 1.165) is 5.69 Å². The SMILES string of the molecule is Cc1cc(C)c(C(/N=C/c2ccccn2)c2c(C)cc(C)cc2C)c(C)c1. The Labute approximate surface area is 163 Å². The molecule has 0 aliphatic heterocycles. The van der Waals surface area contributed by atoms with Crippen LogP contribution in [0.5, 0.6) is 0 Å². The van der Waals surface area contributed by atoms with Crippen LogP contribution in [0.2, 0.25) is 0 Å². The van der Waals surface area contributed by atoms with Crippen LogP contribution < -0.4 is 0 Å². The average molecular weight is 357 g/mol. The zero-order valence-electron chi connectivity index (χ0n) is 17.2. The van der Waals surface area contributed by atoms with Crippen LogP contribution in [0.25, 0.3) is 0 Å². The van der Waals surface area contributed by atoms with E-state index in [1.807, 2.05) is 24.4 Å². The number of nitrogens with zero attached hydrogens (tertiary/aromatic N) is 2. The molecule has 0 fully saturated rings. The minimum absolute atomic E-state index is 0.0341. The zero-order valence-corrected chi connectivity index (χ0v) is 17.2. The van der Waals surface area contributed by atoms with Crippen molar-refractivity contribution in [1.82, 2.24) is 4.98 Å². The highest BCUT2D eigenvalue weighted by molar-refractivity contribution is 5.77. The van der Waals surface area contributed by atoms with Crippen LogP contribution in [0.3, 0.4) is 0 Å². The van der Waals surface area contributed by atoms with E-state index in [0.29, 0.717) is 0 Å². The third-order valence-corrected chi connectivity index (χ3v) is 5.07. The molecule has 3 aromatic rings. The van der Waals surface area contributed by atoms with Crippen LogP contribution in [0.4, 0.5) is 0 Å². The Kier molecular flexibility index (Phi) is 5.55. The fraction of sp³-hybridized carbons (Fsp3) is 0.280. The lowest BCUT2D eigenvalue weighted by Gasteiger charge is -2.23. The van der Waals surface area contributed by atoms with Crippen LogP contribution in [0.1, 0.15) is 56.2 Å². The summed E-state index contributed by atoms with van der Waals surface area (Å²) in [7, 11) is 0. The predicted octanol–water partition coefficient (Wildman–Crippen LogP) is 6.14. The molecule has 2 nitrogen and oxygen atoms in total. The Morgan fingerprint density at radius 1 is 0.741 bits per heavy atom. The topological polar surface area (TPSA) is 25.2 Å². The first kappa shape index (κ1) is 19.0. The summed E-state index contributed by atoms with van der Waals surface area (Å²) in [6, 6.07) is 14.9. The summed E-state index contributed by atoms with van der Waals surface area (Å²) in [6.45, 7) is 13.1. The van der Waals surface area contributed by atoms with Gasteiger partial charge in [0.15, 0.2) is 0 Å². The fourth-order valence-corrected chi connectivity index (χ4v) is 4.14. The molecule has 138 valence electrons. The second-order valence-electron chi connectivity index (χ2n) is 7.56. The summed E-state index contributed by atoms with van der Waals surface area (Å²) >= 11 is 0. The van der Waals surface area contributed by atoms with Gasteiger partial charge in [0.2, 0.25) is 0 Å². The first-order valence-corrected chi connectivity index (χ1v) is 9.46. The molecule has 0 aliphatic rings. The molecule has 0 bridgehead atoms. The van der Waals surface area contributed by atoms with Crippen molar-refractivity contribution in [2.24, 2.45) is 4.99 Å². The van der Waals surface area contributed by atoms with Crippen LogP contribution in [0.15, 0.2) is 53.7 Å². The smallest absolute Gasteiger partial charge is 0.101 e. The van der Waals surface area contributed by atoms with E-state index in [1.165, 1.54) is 44.5 Å². The molecule has 2 heteroatoms. The van der Waals surface area contributed by atoms with Gasteiger partial charge < -0.3 is 0 Å². The minimum atomic E-state index is -0.0341. The van der Waals surface area contributed by atoms with Crippen LogP contribution in [-0.4, -0.2) is 11.2 Å². The van der Waals surface area contributed by atoms with Crippen LogP contribution in [-0.2, 0) is 0 Å². The van der Waals surface area contributed by atoms with Gasteiger partial charge in [0.05, 0.1) is 5.69 Å². The number of aliphatic imine (C=N–C) groups is 1. The molecule has 0 spiro atoms. The molecule has 0 aliphatic carbocycles. The molecule has 1 aromatic heterocycles. The van der Waals surface area contributed by atoms with Gasteiger partial charge in [-0.2, -0.15) is 0 Å². The van der Waals surface area contributed by atoms with Crippen molar-refractivity contribution in [3.05, 3.63) is 98.9 Å². The minimum Gasteiger partial charge on any atom is -0.278 e. The van der Waals surface area contributed by atoms with Gasteiger partial charge in [-0.1, -0.05) is 41.5 Å². The lowest BCUT2D eigenvalue weighted by molar-refractivity contribution is 0.837. The molecule has 0 radical (unpaired) electrons. The summed E-state index contributed by atoms with van der Waals surface area (Å²) in [4.78, 5) is 9.46. The van der Waals surface area contributed by atoms with E-state index in [9.17, 15) is 0 Å². The quantitative estimate of drug-likeness (QED) is 0.515. The highest BCUT2D eigenvalue weighted by Crippen LogP contribution is 2.36. The Morgan fingerprint density at radius 3 is 1.63 bits per heavy atom. The molecule has 27 heavy (non-hydrogen) atoms. The van der Waals surface area contributed by atoms with Crippen molar-refractivity contribution in [1.29, 1.82) is 0 Å².